The first-order valence-corrected chi connectivity index (χ1v) is 3.24. The second-order valence-electron chi connectivity index (χ2n) is 1.74. The maximum absolute atomic E-state index is 2.35. The van der Waals surface area contributed by atoms with Gasteiger partial charge in [0.2, 0.25) is 0 Å². The van der Waals surface area contributed by atoms with Crippen LogP contribution in [0.4, 0.5) is 0 Å². The predicted octanol–water partition coefficient (Wildman–Crippen LogP) is 1.71. The van der Waals surface area contributed by atoms with Gasteiger partial charge in [-0.1, -0.05) is 13.8 Å². The van der Waals surface area contributed by atoms with Gasteiger partial charge in [-0.15, -0.1) is 0 Å². The summed E-state index contributed by atoms with van der Waals surface area (Å²) in [6.07, 6.45) is 2.35. The third-order valence-electron chi connectivity index (χ3n) is 0.971. The van der Waals surface area contributed by atoms with Crippen LogP contribution in [0.25, 0.3) is 0 Å². The molecule has 0 aromatic carbocycles. The molecule has 35 valence electrons. The van der Waals surface area contributed by atoms with Crippen molar-refractivity contribution in [3.05, 3.63) is 6.42 Å². The summed E-state index contributed by atoms with van der Waals surface area (Å²) >= 11 is 2.03. The van der Waals surface area contributed by atoms with Crippen molar-refractivity contribution in [1.82, 2.24) is 0 Å². The molecule has 1 heterocycles. The van der Waals surface area contributed by atoms with Crippen LogP contribution in [0.2, 0.25) is 0 Å². The smallest absolute Gasteiger partial charge is 0.00636 e. The maximum Gasteiger partial charge on any atom is 0.00636 e. The Hall–Kier alpha value is 0.350. The Morgan fingerprint density at radius 3 is 1.67 bits per heavy atom. The highest BCUT2D eigenvalue weighted by Gasteiger charge is 2.20. The van der Waals surface area contributed by atoms with Crippen LogP contribution < -0.4 is 0 Å². The van der Waals surface area contributed by atoms with E-state index in [1.807, 2.05) is 11.8 Å². The quantitative estimate of drug-likeness (QED) is 0.447. The van der Waals surface area contributed by atoms with Crippen LogP contribution in [-0.2, 0) is 0 Å². The van der Waals surface area contributed by atoms with Crippen molar-refractivity contribution in [2.45, 2.75) is 24.3 Å². The van der Waals surface area contributed by atoms with Crippen LogP contribution in [0.15, 0.2) is 0 Å². The van der Waals surface area contributed by atoms with Gasteiger partial charge in [0.15, 0.2) is 0 Å². The van der Waals surface area contributed by atoms with Crippen molar-refractivity contribution in [1.29, 1.82) is 0 Å². The van der Waals surface area contributed by atoms with Gasteiger partial charge in [0.05, 0.1) is 0 Å². The third-order valence-corrected chi connectivity index (χ3v) is 2.14. The van der Waals surface area contributed by atoms with Crippen molar-refractivity contribution < 1.29 is 0 Å². The Balaban J connectivity index is 2.11. The molecule has 0 nitrogen and oxygen atoms in total. The number of hydrogen-bond acceptors (Lipinski definition) is 1. The molecule has 2 atom stereocenters. The van der Waals surface area contributed by atoms with Crippen LogP contribution in [0.1, 0.15) is 13.8 Å². The summed E-state index contributed by atoms with van der Waals surface area (Å²) in [6, 6.07) is 0. The van der Waals surface area contributed by atoms with Gasteiger partial charge in [-0.2, -0.15) is 11.8 Å². The lowest BCUT2D eigenvalue weighted by Gasteiger charge is -2.27. The average molecular weight is 101 g/mol. The van der Waals surface area contributed by atoms with E-state index < -0.39 is 0 Å². The standard InChI is InChI=1S/C5H9S/c1-4-3-5(2)6-4/h3-5H,1-2H3. The van der Waals surface area contributed by atoms with Gasteiger partial charge >= 0.3 is 0 Å². The molecule has 0 spiro atoms. The van der Waals surface area contributed by atoms with E-state index in [4.69, 9.17) is 0 Å². The predicted molar refractivity (Wildman–Crippen MR) is 30.8 cm³/mol. The van der Waals surface area contributed by atoms with Gasteiger partial charge in [-0.3, -0.25) is 0 Å². The Labute approximate surface area is 43.3 Å². The fraction of sp³-hybridized carbons (Fsp3) is 0.800. The van der Waals surface area contributed by atoms with Crippen LogP contribution in [0, 0.1) is 6.42 Å². The van der Waals surface area contributed by atoms with Gasteiger partial charge in [0.25, 0.3) is 0 Å². The Bertz CT molecular complexity index is 39.9. The van der Waals surface area contributed by atoms with Crippen LogP contribution in [0.3, 0.4) is 0 Å². The Morgan fingerprint density at radius 2 is 1.67 bits per heavy atom. The summed E-state index contributed by atoms with van der Waals surface area (Å²) in [4.78, 5) is 0. The van der Waals surface area contributed by atoms with E-state index in [2.05, 4.69) is 20.3 Å². The van der Waals surface area contributed by atoms with E-state index in [0.29, 0.717) is 0 Å². The SMILES string of the molecule is CC1[CH]C(C)S1. The van der Waals surface area contributed by atoms with E-state index in [0.717, 1.165) is 10.5 Å². The molecule has 1 aliphatic heterocycles. The van der Waals surface area contributed by atoms with E-state index in [-0.39, 0.29) is 0 Å². The summed E-state index contributed by atoms with van der Waals surface area (Å²) in [5, 5.41) is 1.67. The zero-order chi connectivity index (χ0) is 4.57. The Morgan fingerprint density at radius 1 is 1.33 bits per heavy atom. The molecule has 0 N–H and O–H groups in total. The molecule has 2 unspecified atom stereocenters. The minimum atomic E-state index is 0.833. The molecule has 1 saturated heterocycles. The van der Waals surface area contributed by atoms with E-state index in [9.17, 15) is 0 Å². The molecule has 1 radical (unpaired) electrons. The molecule has 0 aromatic rings. The summed E-state index contributed by atoms with van der Waals surface area (Å²) in [5.74, 6) is 0. The first kappa shape index (κ1) is 4.51. The number of hydrogen-bond donors (Lipinski definition) is 0. The molecule has 0 bridgehead atoms. The molecule has 1 fully saturated rings. The topological polar surface area (TPSA) is 0 Å². The monoisotopic (exact) mass is 101 g/mol. The fourth-order valence-electron chi connectivity index (χ4n) is 0.721. The first-order chi connectivity index (χ1) is 2.79. The van der Waals surface area contributed by atoms with Crippen molar-refractivity contribution in [2.75, 3.05) is 0 Å². The maximum atomic E-state index is 2.35. The summed E-state index contributed by atoms with van der Waals surface area (Å²) in [5.41, 5.74) is 0. The largest absolute Gasteiger partial charge is 0.155 e. The third kappa shape index (κ3) is 0.700. The van der Waals surface area contributed by atoms with E-state index in [1.54, 1.807) is 0 Å². The lowest BCUT2D eigenvalue weighted by Crippen LogP contribution is -2.20. The van der Waals surface area contributed by atoms with Crippen LogP contribution in [-0.4, -0.2) is 10.5 Å². The summed E-state index contributed by atoms with van der Waals surface area (Å²) < 4.78 is 0. The number of thioether (sulfide) groups is 1. The molecule has 1 rings (SSSR count). The molecular formula is C5H9S. The molecule has 0 amide bonds. The Kier molecular flexibility index (Phi) is 1.09. The van der Waals surface area contributed by atoms with Crippen LogP contribution in [0.5, 0.6) is 0 Å². The van der Waals surface area contributed by atoms with Gasteiger partial charge in [0, 0.05) is 10.5 Å². The van der Waals surface area contributed by atoms with Gasteiger partial charge in [-0.25, -0.2) is 0 Å². The highest BCUT2D eigenvalue weighted by Crippen LogP contribution is 2.33. The molecule has 0 saturated carbocycles. The van der Waals surface area contributed by atoms with Crippen molar-refractivity contribution >= 4 is 11.8 Å². The zero-order valence-corrected chi connectivity index (χ0v) is 4.96. The lowest BCUT2D eigenvalue weighted by molar-refractivity contribution is 0.931. The normalized spacial score (nSPS) is 45.0. The molecule has 0 aromatic heterocycles. The first-order valence-electron chi connectivity index (χ1n) is 2.29. The van der Waals surface area contributed by atoms with Crippen molar-refractivity contribution in [2.24, 2.45) is 0 Å². The van der Waals surface area contributed by atoms with Gasteiger partial charge in [0.1, 0.15) is 0 Å². The fourth-order valence-corrected chi connectivity index (χ4v) is 1.78. The van der Waals surface area contributed by atoms with Crippen molar-refractivity contribution in [3.63, 3.8) is 0 Å². The van der Waals surface area contributed by atoms with E-state index in [1.165, 1.54) is 0 Å². The lowest BCUT2D eigenvalue weighted by atomic mass is 10.2. The summed E-state index contributed by atoms with van der Waals surface area (Å²) in [6.45, 7) is 4.45. The van der Waals surface area contributed by atoms with Crippen LogP contribution >= 0.6 is 11.8 Å². The molecule has 0 aliphatic carbocycles. The second kappa shape index (κ2) is 1.45. The van der Waals surface area contributed by atoms with Gasteiger partial charge < -0.3 is 0 Å². The van der Waals surface area contributed by atoms with E-state index >= 15 is 0 Å². The average Bonchev–Trinajstić information content (AvgIpc) is 1.33. The second-order valence-corrected chi connectivity index (χ2v) is 3.50. The minimum absolute atomic E-state index is 0.833. The molecule has 1 heteroatoms. The highest BCUT2D eigenvalue weighted by atomic mass is 32.2. The van der Waals surface area contributed by atoms with Gasteiger partial charge in [-0.05, 0) is 6.42 Å². The zero-order valence-electron chi connectivity index (χ0n) is 4.14. The molecule has 1 aliphatic rings. The minimum Gasteiger partial charge on any atom is -0.155 e. The summed E-state index contributed by atoms with van der Waals surface area (Å²) in [7, 11) is 0. The highest BCUT2D eigenvalue weighted by molar-refractivity contribution is 8.02. The van der Waals surface area contributed by atoms with Crippen molar-refractivity contribution in [3.8, 4) is 0 Å². The number of rotatable bonds is 0. The molecular weight excluding hydrogens is 92.1 g/mol. The molecule has 6 heavy (non-hydrogen) atoms.